The summed E-state index contributed by atoms with van der Waals surface area (Å²) >= 11 is 7.52. The summed E-state index contributed by atoms with van der Waals surface area (Å²) in [6.07, 6.45) is 6.93. The van der Waals surface area contributed by atoms with Gasteiger partial charge in [-0.25, -0.2) is 0 Å². The van der Waals surface area contributed by atoms with Gasteiger partial charge in [0.25, 0.3) is 0 Å². The van der Waals surface area contributed by atoms with Crippen molar-refractivity contribution < 1.29 is 0 Å². The number of rotatable bonds is 4. The second-order valence-corrected chi connectivity index (χ2v) is 10.5. The van der Waals surface area contributed by atoms with Crippen LogP contribution in [0, 0.1) is 0 Å². The van der Waals surface area contributed by atoms with Crippen molar-refractivity contribution in [2.75, 3.05) is 0 Å². The zero-order chi connectivity index (χ0) is 17.3. The minimum atomic E-state index is 0.761. The predicted octanol–water partition coefficient (Wildman–Crippen LogP) is 8.98. The van der Waals surface area contributed by atoms with Gasteiger partial charge in [0.2, 0.25) is 0 Å². The first-order chi connectivity index (χ1) is 12.9. The Bertz CT molecular complexity index is 977. The highest BCUT2D eigenvalue weighted by molar-refractivity contribution is 7.21. The molecule has 0 bridgehead atoms. The fourth-order valence-corrected chi connectivity index (χ4v) is 7.93. The molecule has 0 atom stereocenters. The topological polar surface area (TPSA) is 0 Å². The summed E-state index contributed by atoms with van der Waals surface area (Å²) in [6.45, 7) is 0. The van der Waals surface area contributed by atoms with Crippen LogP contribution in [0.5, 0.6) is 0 Å². The average molecular weight is 413 g/mol. The third-order valence-electron chi connectivity index (χ3n) is 5.31. The molecule has 4 heteroatoms. The number of hydrogen-bond donors (Lipinski definition) is 0. The SMILES string of the molecule is c1csc(-c2sccc2-c2sccc2-c2sccc2C2CCCCC2)c1. The largest absolute Gasteiger partial charge is 0.143 e. The van der Waals surface area contributed by atoms with Gasteiger partial charge in [-0.05, 0) is 70.1 Å². The van der Waals surface area contributed by atoms with Gasteiger partial charge in [-0.3, -0.25) is 0 Å². The molecule has 5 rings (SSSR count). The Morgan fingerprint density at radius 3 is 2.08 bits per heavy atom. The third-order valence-corrected chi connectivity index (χ3v) is 9.18. The van der Waals surface area contributed by atoms with Crippen molar-refractivity contribution in [3.05, 3.63) is 57.4 Å². The van der Waals surface area contributed by atoms with Gasteiger partial charge in [-0.1, -0.05) is 25.3 Å². The van der Waals surface area contributed by atoms with Gasteiger partial charge < -0.3 is 0 Å². The quantitative estimate of drug-likeness (QED) is 0.314. The van der Waals surface area contributed by atoms with Gasteiger partial charge in [0, 0.05) is 25.8 Å². The molecule has 1 fully saturated rings. The minimum absolute atomic E-state index is 0.761. The molecule has 132 valence electrons. The van der Waals surface area contributed by atoms with Crippen molar-refractivity contribution in [1.29, 1.82) is 0 Å². The molecular formula is C22H20S4. The molecule has 0 spiro atoms. The molecule has 4 heterocycles. The Labute approximate surface area is 170 Å². The molecule has 1 aliphatic rings. The molecule has 0 unspecified atom stereocenters. The molecule has 4 aromatic rings. The summed E-state index contributed by atoms with van der Waals surface area (Å²) < 4.78 is 0. The second kappa shape index (κ2) is 7.43. The lowest BCUT2D eigenvalue weighted by atomic mass is 9.83. The van der Waals surface area contributed by atoms with Crippen LogP contribution in [0.1, 0.15) is 43.6 Å². The van der Waals surface area contributed by atoms with Gasteiger partial charge in [-0.2, -0.15) is 0 Å². The zero-order valence-corrected chi connectivity index (χ0v) is 17.7. The summed E-state index contributed by atoms with van der Waals surface area (Å²) in [5.74, 6) is 0.761. The van der Waals surface area contributed by atoms with Crippen molar-refractivity contribution in [2.45, 2.75) is 38.0 Å². The summed E-state index contributed by atoms with van der Waals surface area (Å²) in [6, 6.07) is 11.4. The van der Waals surface area contributed by atoms with Crippen LogP contribution in [0.4, 0.5) is 0 Å². The van der Waals surface area contributed by atoms with E-state index < -0.39 is 0 Å². The molecule has 4 aromatic heterocycles. The molecule has 0 aliphatic heterocycles. The van der Waals surface area contributed by atoms with E-state index >= 15 is 0 Å². The lowest BCUT2D eigenvalue weighted by Gasteiger charge is -2.22. The fraction of sp³-hybridized carbons (Fsp3) is 0.273. The van der Waals surface area contributed by atoms with Crippen LogP contribution in [0.25, 0.3) is 30.6 Å². The Morgan fingerprint density at radius 1 is 0.615 bits per heavy atom. The van der Waals surface area contributed by atoms with Crippen LogP contribution in [-0.2, 0) is 0 Å². The highest BCUT2D eigenvalue weighted by Gasteiger charge is 2.23. The van der Waals surface area contributed by atoms with E-state index in [1.807, 2.05) is 45.3 Å². The van der Waals surface area contributed by atoms with Crippen LogP contribution in [0.3, 0.4) is 0 Å². The molecule has 26 heavy (non-hydrogen) atoms. The first kappa shape index (κ1) is 16.9. The zero-order valence-electron chi connectivity index (χ0n) is 14.4. The van der Waals surface area contributed by atoms with Gasteiger partial charge in [0.15, 0.2) is 0 Å². The minimum Gasteiger partial charge on any atom is -0.143 e. The molecule has 0 radical (unpaired) electrons. The van der Waals surface area contributed by atoms with E-state index in [1.54, 1.807) is 5.56 Å². The maximum Gasteiger partial charge on any atom is 0.0529 e. The predicted molar refractivity (Wildman–Crippen MR) is 120 cm³/mol. The van der Waals surface area contributed by atoms with Crippen LogP contribution in [0.15, 0.2) is 51.9 Å². The van der Waals surface area contributed by atoms with Crippen LogP contribution >= 0.6 is 45.3 Å². The van der Waals surface area contributed by atoms with Crippen molar-refractivity contribution >= 4 is 45.3 Å². The molecule has 0 nitrogen and oxygen atoms in total. The summed E-state index contributed by atoms with van der Waals surface area (Å²) in [7, 11) is 0. The number of hydrogen-bond acceptors (Lipinski definition) is 4. The van der Waals surface area contributed by atoms with E-state index in [1.165, 1.54) is 62.7 Å². The van der Waals surface area contributed by atoms with Gasteiger partial charge >= 0.3 is 0 Å². The number of thiophene rings is 4. The van der Waals surface area contributed by atoms with E-state index in [0.717, 1.165) is 5.92 Å². The summed E-state index contributed by atoms with van der Waals surface area (Å²) in [5, 5.41) is 8.98. The highest BCUT2D eigenvalue weighted by Crippen LogP contribution is 2.49. The van der Waals surface area contributed by atoms with Crippen LogP contribution in [-0.4, -0.2) is 0 Å². The summed E-state index contributed by atoms with van der Waals surface area (Å²) in [5.41, 5.74) is 4.45. The Kier molecular flexibility index (Phi) is 4.84. The standard InChI is InChI=1S/C22H20S4/c1-2-5-15(6-3-1)16-8-12-24-20(16)17-9-13-25-21(17)18-10-14-26-22(18)19-7-4-11-23-19/h4,7-15H,1-3,5-6H2. The Balaban J connectivity index is 1.58. The lowest BCUT2D eigenvalue weighted by molar-refractivity contribution is 0.445. The van der Waals surface area contributed by atoms with Crippen LogP contribution in [0.2, 0.25) is 0 Å². The van der Waals surface area contributed by atoms with Crippen molar-refractivity contribution in [1.82, 2.24) is 0 Å². The normalized spacial score (nSPS) is 15.5. The molecule has 1 aliphatic carbocycles. The van der Waals surface area contributed by atoms with Gasteiger partial charge in [-0.15, -0.1) is 45.3 Å². The lowest BCUT2D eigenvalue weighted by Crippen LogP contribution is -2.04. The summed E-state index contributed by atoms with van der Waals surface area (Å²) in [4.78, 5) is 5.75. The highest BCUT2D eigenvalue weighted by atomic mass is 32.1. The van der Waals surface area contributed by atoms with E-state index in [-0.39, 0.29) is 0 Å². The van der Waals surface area contributed by atoms with E-state index in [4.69, 9.17) is 0 Å². The Hall–Kier alpha value is -1.20. The molecule has 0 saturated heterocycles. The van der Waals surface area contributed by atoms with Crippen molar-refractivity contribution in [2.24, 2.45) is 0 Å². The van der Waals surface area contributed by atoms with E-state index in [0.29, 0.717) is 0 Å². The first-order valence-electron chi connectivity index (χ1n) is 9.19. The molecule has 0 amide bonds. The smallest absolute Gasteiger partial charge is 0.0529 e. The van der Waals surface area contributed by atoms with Crippen molar-refractivity contribution in [3.8, 4) is 30.6 Å². The maximum absolute atomic E-state index is 2.39. The average Bonchev–Trinajstić information content (AvgIpc) is 3.48. The third kappa shape index (κ3) is 3.03. The molecule has 0 aromatic carbocycles. The fourth-order valence-electron chi connectivity index (χ4n) is 4.06. The monoisotopic (exact) mass is 412 g/mol. The first-order valence-corrected chi connectivity index (χ1v) is 12.7. The second-order valence-electron chi connectivity index (χ2n) is 6.84. The van der Waals surface area contributed by atoms with E-state index in [9.17, 15) is 0 Å². The van der Waals surface area contributed by atoms with Gasteiger partial charge in [0.05, 0.1) is 4.88 Å². The van der Waals surface area contributed by atoms with Crippen LogP contribution < -0.4 is 0 Å². The van der Waals surface area contributed by atoms with Crippen molar-refractivity contribution in [3.63, 3.8) is 0 Å². The van der Waals surface area contributed by atoms with Gasteiger partial charge in [0.1, 0.15) is 0 Å². The Morgan fingerprint density at radius 2 is 1.31 bits per heavy atom. The molecule has 1 saturated carbocycles. The van der Waals surface area contributed by atoms with E-state index in [2.05, 4.69) is 51.9 Å². The molecular weight excluding hydrogens is 393 g/mol. The molecule has 0 N–H and O–H groups in total. The maximum atomic E-state index is 2.39.